The van der Waals surface area contributed by atoms with Gasteiger partial charge < -0.3 is 19.7 Å². The Bertz CT molecular complexity index is 737. The molecule has 0 unspecified atom stereocenters. The summed E-state index contributed by atoms with van der Waals surface area (Å²) in [6.45, 7) is 2.17. The molecule has 0 saturated carbocycles. The Morgan fingerprint density at radius 3 is 2.52 bits per heavy atom. The normalized spacial score (nSPS) is 15.6. The van der Waals surface area contributed by atoms with Crippen molar-refractivity contribution in [2.24, 2.45) is 0 Å². The van der Waals surface area contributed by atoms with Crippen molar-refractivity contribution < 1.29 is 23.9 Å². The first-order valence-corrected chi connectivity index (χ1v) is 7.76. The van der Waals surface area contributed by atoms with Gasteiger partial charge in [0.15, 0.2) is 5.57 Å². The van der Waals surface area contributed by atoms with Gasteiger partial charge in [0.25, 0.3) is 5.91 Å². The largest absolute Gasteiger partial charge is 0.466 e. The summed E-state index contributed by atoms with van der Waals surface area (Å²) in [5.41, 5.74) is 1.34. The summed E-state index contributed by atoms with van der Waals surface area (Å²) in [6, 6.07) is 9.47. The number of nitrogens with one attached hydrogen (secondary N) is 1. The van der Waals surface area contributed by atoms with Gasteiger partial charge in [-0.05, 0) is 12.5 Å². The number of nitrogens with zero attached hydrogens (tertiary/aromatic N) is 1. The molecule has 1 aromatic rings. The van der Waals surface area contributed by atoms with E-state index in [1.54, 1.807) is 6.92 Å². The molecule has 1 heterocycles. The van der Waals surface area contributed by atoms with Gasteiger partial charge >= 0.3 is 11.9 Å². The summed E-state index contributed by atoms with van der Waals surface area (Å²) in [5, 5.41) is 3.07. The van der Waals surface area contributed by atoms with Crippen LogP contribution in [0, 0.1) is 0 Å². The number of methoxy groups -OCH3 is 1. The van der Waals surface area contributed by atoms with E-state index in [9.17, 15) is 14.4 Å². The summed E-state index contributed by atoms with van der Waals surface area (Å²) in [7, 11) is 2.72. The second-order valence-corrected chi connectivity index (χ2v) is 5.23. The second kappa shape index (κ2) is 8.14. The fraction of sp³-hybridized carbons (Fsp3) is 0.278. The van der Waals surface area contributed by atoms with E-state index in [4.69, 9.17) is 4.74 Å². The molecule has 1 aliphatic rings. The number of carbonyl (C=O) groups excluding carboxylic acids is 3. The third kappa shape index (κ3) is 4.06. The summed E-state index contributed by atoms with van der Waals surface area (Å²) >= 11 is 0. The number of carbonyl (C=O) groups is 3. The highest BCUT2D eigenvalue weighted by Crippen LogP contribution is 2.27. The lowest BCUT2D eigenvalue weighted by Crippen LogP contribution is -2.24. The first-order chi connectivity index (χ1) is 12.0. The summed E-state index contributed by atoms with van der Waals surface area (Å²) in [4.78, 5) is 37.5. The second-order valence-electron chi connectivity index (χ2n) is 5.23. The number of benzene rings is 1. The van der Waals surface area contributed by atoms with Gasteiger partial charge in [-0.3, -0.25) is 4.79 Å². The number of esters is 2. The fourth-order valence-electron chi connectivity index (χ4n) is 2.38. The molecule has 0 saturated heterocycles. The topological polar surface area (TPSA) is 84.9 Å². The number of hydrogen-bond donors (Lipinski definition) is 1. The van der Waals surface area contributed by atoms with E-state index in [0.717, 1.165) is 11.6 Å². The maximum atomic E-state index is 12.5. The van der Waals surface area contributed by atoms with E-state index in [1.165, 1.54) is 19.1 Å². The monoisotopic (exact) mass is 344 g/mol. The number of ether oxygens (including phenoxy) is 2. The number of hydrogen-bond acceptors (Lipinski definition) is 6. The molecule has 1 aromatic carbocycles. The summed E-state index contributed by atoms with van der Waals surface area (Å²) in [5.74, 6) is -1.90. The predicted molar refractivity (Wildman–Crippen MR) is 89.8 cm³/mol. The third-order valence-electron chi connectivity index (χ3n) is 3.63. The van der Waals surface area contributed by atoms with E-state index in [1.807, 2.05) is 30.3 Å². The van der Waals surface area contributed by atoms with Crippen LogP contribution in [0.5, 0.6) is 0 Å². The predicted octanol–water partition coefficient (Wildman–Crippen LogP) is 1.12. The molecule has 2 rings (SSSR count). The molecule has 1 amide bonds. The maximum Gasteiger partial charge on any atom is 0.346 e. The third-order valence-corrected chi connectivity index (χ3v) is 3.63. The van der Waals surface area contributed by atoms with Gasteiger partial charge in [-0.15, -0.1) is 0 Å². The van der Waals surface area contributed by atoms with Crippen molar-refractivity contribution >= 4 is 17.8 Å². The highest BCUT2D eigenvalue weighted by Gasteiger charge is 2.38. The Labute approximate surface area is 145 Å². The molecule has 7 heteroatoms. The van der Waals surface area contributed by atoms with Gasteiger partial charge in [0.2, 0.25) is 0 Å². The molecule has 0 aromatic heterocycles. The molecule has 0 bridgehead atoms. The van der Waals surface area contributed by atoms with Crippen LogP contribution in [0.25, 0.3) is 0 Å². The lowest BCUT2D eigenvalue weighted by molar-refractivity contribution is -0.141. The Balaban J connectivity index is 2.41. The van der Waals surface area contributed by atoms with Crippen molar-refractivity contribution in [2.45, 2.75) is 13.5 Å². The molecule has 1 aliphatic heterocycles. The average molecular weight is 344 g/mol. The number of rotatable bonds is 6. The van der Waals surface area contributed by atoms with Crippen LogP contribution < -0.4 is 5.32 Å². The highest BCUT2D eigenvalue weighted by molar-refractivity contribution is 6.20. The van der Waals surface area contributed by atoms with Crippen molar-refractivity contribution in [3.8, 4) is 0 Å². The zero-order chi connectivity index (χ0) is 18.4. The Kier molecular flexibility index (Phi) is 5.94. The van der Waals surface area contributed by atoms with Gasteiger partial charge in [-0.2, -0.15) is 0 Å². The van der Waals surface area contributed by atoms with Gasteiger partial charge in [0, 0.05) is 19.7 Å². The first-order valence-electron chi connectivity index (χ1n) is 7.76. The lowest BCUT2D eigenvalue weighted by atomic mass is 10.1. The van der Waals surface area contributed by atoms with Crippen molar-refractivity contribution in [1.82, 2.24) is 10.2 Å². The van der Waals surface area contributed by atoms with E-state index in [0.29, 0.717) is 6.54 Å². The molecule has 0 radical (unpaired) electrons. The minimum atomic E-state index is -0.733. The molecular weight excluding hydrogens is 324 g/mol. The zero-order valence-electron chi connectivity index (χ0n) is 14.4. The Hall–Kier alpha value is -3.09. The quantitative estimate of drug-likeness (QED) is 0.473. The van der Waals surface area contributed by atoms with Crippen LogP contribution in [0.1, 0.15) is 12.5 Å². The van der Waals surface area contributed by atoms with Crippen LogP contribution in [0.4, 0.5) is 0 Å². The summed E-state index contributed by atoms with van der Waals surface area (Å²) in [6.07, 6.45) is 1.16. The minimum absolute atomic E-state index is 0.129. The molecule has 0 spiro atoms. The molecule has 0 atom stereocenters. The SMILES string of the molecule is CCOC(=O)C1=C(NCc2ccccc2)/C(=C\C(=O)OC)N(C)C1=O. The Morgan fingerprint density at radius 1 is 1.24 bits per heavy atom. The van der Waals surface area contributed by atoms with Crippen LogP contribution in [-0.2, 0) is 30.4 Å². The molecule has 132 valence electrons. The standard InChI is InChI=1S/C18H20N2O5/c1-4-25-18(23)15-16(19-11-12-8-6-5-7-9-12)13(10-14(21)24-3)20(2)17(15)22/h5-10,19H,4,11H2,1-3H3/b13-10+. The average Bonchev–Trinajstić information content (AvgIpc) is 2.85. The van der Waals surface area contributed by atoms with Crippen molar-refractivity contribution in [3.05, 3.63) is 58.9 Å². The molecule has 7 nitrogen and oxygen atoms in total. The van der Waals surface area contributed by atoms with Gasteiger partial charge in [-0.25, -0.2) is 9.59 Å². The first kappa shape index (κ1) is 18.3. The molecule has 0 aliphatic carbocycles. The smallest absolute Gasteiger partial charge is 0.346 e. The van der Waals surface area contributed by atoms with Gasteiger partial charge in [0.05, 0.1) is 25.1 Å². The van der Waals surface area contributed by atoms with Crippen LogP contribution in [0.15, 0.2) is 53.4 Å². The minimum Gasteiger partial charge on any atom is -0.466 e. The maximum absolute atomic E-state index is 12.5. The molecule has 0 fully saturated rings. The highest BCUT2D eigenvalue weighted by atomic mass is 16.5. The van der Waals surface area contributed by atoms with Crippen LogP contribution in [0.2, 0.25) is 0 Å². The number of amides is 1. The van der Waals surface area contributed by atoms with E-state index in [-0.39, 0.29) is 23.6 Å². The Morgan fingerprint density at radius 2 is 1.92 bits per heavy atom. The van der Waals surface area contributed by atoms with Gasteiger partial charge in [-0.1, -0.05) is 30.3 Å². The molecule has 25 heavy (non-hydrogen) atoms. The molecular formula is C18H20N2O5. The molecule has 1 N–H and O–H groups in total. The van der Waals surface area contributed by atoms with Crippen LogP contribution in [-0.4, -0.2) is 43.5 Å². The van der Waals surface area contributed by atoms with Crippen molar-refractivity contribution in [3.63, 3.8) is 0 Å². The van der Waals surface area contributed by atoms with E-state index in [2.05, 4.69) is 10.1 Å². The lowest BCUT2D eigenvalue weighted by Gasteiger charge is -2.14. The van der Waals surface area contributed by atoms with E-state index >= 15 is 0 Å². The van der Waals surface area contributed by atoms with Crippen LogP contribution in [0.3, 0.4) is 0 Å². The number of likely N-dealkylation sites (N-methyl/N-ethyl adjacent to an activating group) is 1. The fourth-order valence-corrected chi connectivity index (χ4v) is 2.38. The van der Waals surface area contributed by atoms with Gasteiger partial charge in [0.1, 0.15) is 0 Å². The van der Waals surface area contributed by atoms with Crippen LogP contribution >= 0.6 is 0 Å². The van der Waals surface area contributed by atoms with Crippen molar-refractivity contribution in [1.29, 1.82) is 0 Å². The van der Waals surface area contributed by atoms with Crippen molar-refractivity contribution in [2.75, 3.05) is 20.8 Å². The van der Waals surface area contributed by atoms with E-state index < -0.39 is 17.8 Å². The zero-order valence-corrected chi connectivity index (χ0v) is 14.4. The summed E-state index contributed by atoms with van der Waals surface area (Å²) < 4.78 is 9.61.